The van der Waals surface area contributed by atoms with Crippen molar-refractivity contribution in [1.82, 2.24) is 15.5 Å². The Morgan fingerprint density at radius 3 is 2.14 bits per heavy atom. The van der Waals surface area contributed by atoms with E-state index in [1.807, 2.05) is 36.9 Å². The third-order valence-corrected chi connectivity index (χ3v) is 6.96. The third kappa shape index (κ3) is 6.62. The van der Waals surface area contributed by atoms with Crippen LogP contribution in [0.5, 0.6) is 5.75 Å². The standard InChI is InChI=1S/C28H37N3O4/c1-18(2)20(4)29-27(33)25(30-26(32)24-9-7-6-8-19(24)3)21-14-16-31(17-15-21)28(34)22-10-12-23(35-5)13-11-22/h6-13,18,20-21,25H,14-17H2,1-5H3,(H,29,33)(H,30,32)/t20-,25-/m1/s1. The molecule has 0 saturated carbocycles. The fraction of sp³-hybridized carbons (Fsp3) is 0.464. The molecule has 3 rings (SSSR count). The van der Waals surface area contributed by atoms with Crippen LogP contribution in [0.1, 0.15) is 59.9 Å². The van der Waals surface area contributed by atoms with Gasteiger partial charge >= 0.3 is 0 Å². The molecule has 188 valence electrons. The summed E-state index contributed by atoms with van der Waals surface area (Å²) in [5, 5.41) is 6.08. The molecule has 2 atom stereocenters. The first-order chi connectivity index (χ1) is 16.7. The van der Waals surface area contributed by atoms with Gasteiger partial charge in [-0.3, -0.25) is 14.4 Å². The molecule has 0 bridgehead atoms. The molecule has 1 heterocycles. The Kier molecular flexibility index (Phi) is 8.90. The number of nitrogens with zero attached hydrogens (tertiary/aromatic N) is 1. The number of aryl methyl sites for hydroxylation is 1. The molecule has 2 aromatic rings. The Balaban J connectivity index is 1.71. The van der Waals surface area contributed by atoms with Crippen LogP contribution >= 0.6 is 0 Å². The van der Waals surface area contributed by atoms with Crippen molar-refractivity contribution in [1.29, 1.82) is 0 Å². The van der Waals surface area contributed by atoms with Crippen LogP contribution in [0.3, 0.4) is 0 Å². The lowest BCUT2D eigenvalue weighted by Gasteiger charge is -2.36. The smallest absolute Gasteiger partial charge is 0.253 e. The van der Waals surface area contributed by atoms with Gasteiger partial charge in [-0.05, 0) is 74.4 Å². The fourth-order valence-corrected chi connectivity index (χ4v) is 4.28. The number of carbonyl (C=O) groups is 3. The van der Waals surface area contributed by atoms with Gasteiger partial charge in [0.15, 0.2) is 0 Å². The number of benzene rings is 2. The van der Waals surface area contributed by atoms with Crippen LogP contribution in [0.4, 0.5) is 0 Å². The first-order valence-electron chi connectivity index (χ1n) is 12.3. The van der Waals surface area contributed by atoms with E-state index in [9.17, 15) is 14.4 Å². The maximum absolute atomic E-state index is 13.3. The minimum absolute atomic E-state index is 0.0166. The molecule has 1 aliphatic heterocycles. The van der Waals surface area contributed by atoms with Crippen LogP contribution in [0.15, 0.2) is 48.5 Å². The van der Waals surface area contributed by atoms with E-state index in [1.54, 1.807) is 37.4 Å². The van der Waals surface area contributed by atoms with Gasteiger partial charge in [0.25, 0.3) is 11.8 Å². The Hall–Kier alpha value is -3.35. The van der Waals surface area contributed by atoms with Gasteiger partial charge < -0.3 is 20.3 Å². The molecule has 7 nitrogen and oxygen atoms in total. The molecule has 1 aliphatic rings. The summed E-state index contributed by atoms with van der Waals surface area (Å²) >= 11 is 0. The molecule has 0 radical (unpaired) electrons. The summed E-state index contributed by atoms with van der Waals surface area (Å²) in [6.45, 7) is 9.01. The predicted molar refractivity (Wildman–Crippen MR) is 136 cm³/mol. The molecular weight excluding hydrogens is 442 g/mol. The van der Waals surface area contributed by atoms with Crippen molar-refractivity contribution in [2.75, 3.05) is 20.2 Å². The summed E-state index contributed by atoms with van der Waals surface area (Å²) in [5.41, 5.74) is 2.03. The number of hydrogen-bond acceptors (Lipinski definition) is 4. The number of rotatable bonds is 8. The van der Waals surface area contributed by atoms with Crippen molar-refractivity contribution in [3.63, 3.8) is 0 Å². The van der Waals surface area contributed by atoms with Crippen LogP contribution in [0, 0.1) is 18.8 Å². The molecule has 0 aromatic heterocycles. The minimum atomic E-state index is -0.665. The second kappa shape index (κ2) is 11.9. The van der Waals surface area contributed by atoms with Gasteiger partial charge in [0, 0.05) is 30.3 Å². The van der Waals surface area contributed by atoms with E-state index < -0.39 is 6.04 Å². The zero-order chi connectivity index (χ0) is 25.5. The maximum Gasteiger partial charge on any atom is 0.253 e. The highest BCUT2D eigenvalue weighted by atomic mass is 16.5. The van der Waals surface area contributed by atoms with E-state index in [1.165, 1.54) is 0 Å². The average molecular weight is 480 g/mol. The molecule has 0 unspecified atom stereocenters. The summed E-state index contributed by atoms with van der Waals surface area (Å²) in [6.07, 6.45) is 1.26. The van der Waals surface area contributed by atoms with E-state index >= 15 is 0 Å². The molecule has 1 fully saturated rings. The molecule has 1 saturated heterocycles. The van der Waals surface area contributed by atoms with Crippen molar-refractivity contribution in [2.24, 2.45) is 11.8 Å². The lowest BCUT2D eigenvalue weighted by atomic mass is 9.87. The Labute approximate surface area is 208 Å². The second-order valence-corrected chi connectivity index (χ2v) is 9.67. The number of ether oxygens (including phenoxy) is 1. The number of amides is 3. The topological polar surface area (TPSA) is 87.7 Å². The second-order valence-electron chi connectivity index (χ2n) is 9.67. The largest absolute Gasteiger partial charge is 0.497 e. The zero-order valence-corrected chi connectivity index (χ0v) is 21.3. The Morgan fingerprint density at radius 2 is 1.57 bits per heavy atom. The molecule has 0 spiro atoms. The van der Waals surface area contributed by atoms with Crippen LogP contribution in [0.2, 0.25) is 0 Å². The van der Waals surface area contributed by atoms with Gasteiger partial charge in [0.1, 0.15) is 11.8 Å². The highest BCUT2D eigenvalue weighted by molar-refractivity contribution is 5.99. The van der Waals surface area contributed by atoms with Crippen molar-refractivity contribution in [2.45, 2.75) is 52.6 Å². The van der Waals surface area contributed by atoms with E-state index in [0.717, 1.165) is 5.56 Å². The van der Waals surface area contributed by atoms with E-state index in [0.29, 0.717) is 42.8 Å². The molecule has 2 aromatic carbocycles. The number of carbonyl (C=O) groups excluding carboxylic acids is 3. The van der Waals surface area contributed by atoms with Gasteiger partial charge in [0.2, 0.25) is 5.91 Å². The number of hydrogen-bond donors (Lipinski definition) is 2. The summed E-state index contributed by atoms with van der Waals surface area (Å²) in [7, 11) is 1.59. The minimum Gasteiger partial charge on any atom is -0.497 e. The van der Waals surface area contributed by atoms with Crippen molar-refractivity contribution >= 4 is 17.7 Å². The normalized spacial score (nSPS) is 15.9. The Bertz CT molecular complexity index is 1030. The van der Waals surface area contributed by atoms with Gasteiger partial charge in [-0.2, -0.15) is 0 Å². The van der Waals surface area contributed by atoms with Crippen LogP contribution < -0.4 is 15.4 Å². The van der Waals surface area contributed by atoms with E-state index in [2.05, 4.69) is 24.5 Å². The summed E-state index contributed by atoms with van der Waals surface area (Å²) in [4.78, 5) is 41.2. The maximum atomic E-state index is 13.3. The quantitative estimate of drug-likeness (QED) is 0.603. The molecule has 35 heavy (non-hydrogen) atoms. The van der Waals surface area contributed by atoms with Gasteiger partial charge in [-0.1, -0.05) is 32.0 Å². The fourth-order valence-electron chi connectivity index (χ4n) is 4.28. The van der Waals surface area contributed by atoms with Crippen molar-refractivity contribution < 1.29 is 19.1 Å². The van der Waals surface area contributed by atoms with Gasteiger partial charge in [-0.25, -0.2) is 0 Å². The highest BCUT2D eigenvalue weighted by Gasteiger charge is 2.35. The number of methoxy groups -OCH3 is 1. The lowest BCUT2D eigenvalue weighted by Crippen LogP contribution is -2.55. The summed E-state index contributed by atoms with van der Waals surface area (Å²) in [5.74, 6) is 0.446. The van der Waals surface area contributed by atoms with Crippen LogP contribution in [-0.4, -0.2) is 54.9 Å². The predicted octanol–water partition coefficient (Wildman–Crippen LogP) is 3.82. The zero-order valence-electron chi connectivity index (χ0n) is 21.3. The van der Waals surface area contributed by atoms with E-state index in [4.69, 9.17) is 4.74 Å². The molecule has 0 aliphatic carbocycles. The first-order valence-corrected chi connectivity index (χ1v) is 12.3. The number of piperidine rings is 1. The molecule has 2 N–H and O–H groups in total. The SMILES string of the molecule is COc1ccc(C(=O)N2CCC([C@@H](NC(=O)c3ccccc3C)C(=O)N[C@H](C)C(C)C)CC2)cc1. The number of likely N-dealkylation sites (tertiary alicyclic amines) is 1. The van der Waals surface area contributed by atoms with E-state index in [-0.39, 0.29) is 35.6 Å². The Morgan fingerprint density at radius 1 is 0.943 bits per heavy atom. The highest BCUT2D eigenvalue weighted by Crippen LogP contribution is 2.24. The van der Waals surface area contributed by atoms with Crippen LogP contribution in [0.25, 0.3) is 0 Å². The number of nitrogens with one attached hydrogen (secondary N) is 2. The van der Waals surface area contributed by atoms with Crippen molar-refractivity contribution in [3.8, 4) is 5.75 Å². The summed E-state index contributed by atoms with van der Waals surface area (Å²) < 4.78 is 5.17. The van der Waals surface area contributed by atoms with Crippen molar-refractivity contribution in [3.05, 3.63) is 65.2 Å². The van der Waals surface area contributed by atoms with Gasteiger partial charge in [-0.15, -0.1) is 0 Å². The molecule has 3 amide bonds. The molecular formula is C28H37N3O4. The summed E-state index contributed by atoms with van der Waals surface area (Å²) in [6, 6.07) is 13.8. The van der Waals surface area contributed by atoms with Gasteiger partial charge in [0.05, 0.1) is 7.11 Å². The third-order valence-electron chi connectivity index (χ3n) is 6.96. The van der Waals surface area contributed by atoms with Crippen LogP contribution in [-0.2, 0) is 4.79 Å². The average Bonchev–Trinajstić information content (AvgIpc) is 2.87. The first kappa shape index (κ1) is 26.3. The molecule has 7 heteroatoms. The lowest BCUT2D eigenvalue weighted by molar-refractivity contribution is -0.125. The monoisotopic (exact) mass is 479 g/mol.